The Kier molecular flexibility index (Phi) is 5.70. The molecule has 0 aromatic carbocycles. The van der Waals surface area contributed by atoms with E-state index in [1.165, 1.54) is 5.56 Å². The van der Waals surface area contributed by atoms with Crippen LogP contribution in [-0.2, 0) is 17.8 Å². The van der Waals surface area contributed by atoms with Gasteiger partial charge >= 0.3 is 0 Å². The van der Waals surface area contributed by atoms with Crippen molar-refractivity contribution in [1.82, 2.24) is 24.6 Å². The largest absolute Gasteiger partial charge is 0.369 e. The number of thiazole rings is 1. The summed E-state index contributed by atoms with van der Waals surface area (Å²) in [6.07, 6.45) is 2.12. The van der Waals surface area contributed by atoms with E-state index in [1.807, 2.05) is 35.2 Å². The molecule has 1 saturated heterocycles. The van der Waals surface area contributed by atoms with Crippen molar-refractivity contribution in [1.29, 1.82) is 0 Å². The quantitative estimate of drug-likeness (QED) is 0.683. The van der Waals surface area contributed by atoms with Gasteiger partial charge in [-0.25, -0.2) is 9.97 Å². The maximum absolute atomic E-state index is 6.03. The molecule has 4 heterocycles. The van der Waals surface area contributed by atoms with Crippen LogP contribution in [0.1, 0.15) is 35.7 Å². The van der Waals surface area contributed by atoms with Gasteiger partial charge in [0.05, 0.1) is 23.7 Å². The predicted octanol–water partition coefficient (Wildman–Crippen LogP) is 3.69. The molecule has 1 N–H and O–H groups in total. The zero-order chi connectivity index (χ0) is 19.5. The first-order valence-corrected chi connectivity index (χ1v) is 10.5. The highest BCUT2D eigenvalue weighted by atomic mass is 32.1. The molecule has 0 amide bonds. The van der Waals surface area contributed by atoms with Crippen molar-refractivity contribution in [3.05, 3.63) is 52.4 Å². The van der Waals surface area contributed by atoms with E-state index in [2.05, 4.69) is 40.3 Å². The first kappa shape index (κ1) is 19.0. The summed E-state index contributed by atoms with van der Waals surface area (Å²) in [6.45, 7) is 10.4. The molecule has 0 radical (unpaired) electrons. The SMILES string of the molecule is CCn1cc(CN2CCO[C@H](c3cccc(Nc4nc(C)cs4)n3)C2)c(C)n1. The third-order valence-corrected chi connectivity index (χ3v) is 5.75. The van der Waals surface area contributed by atoms with Crippen molar-refractivity contribution in [2.45, 2.75) is 40.0 Å². The van der Waals surface area contributed by atoms with Crippen molar-refractivity contribution in [2.24, 2.45) is 0 Å². The molecule has 4 rings (SSSR count). The molecule has 28 heavy (non-hydrogen) atoms. The minimum atomic E-state index is -0.0324. The average molecular weight is 399 g/mol. The molecule has 0 bridgehead atoms. The van der Waals surface area contributed by atoms with Crippen LogP contribution < -0.4 is 5.32 Å². The minimum absolute atomic E-state index is 0.0324. The fourth-order valence-corrected chi connectivity index (χ4v) is 4.06. The van der Waals surface area contributed by atoms with Gasteiger partial charge in [-0.1, -0.05) is 6.07 Å². The molecule has 0 saturated carbocycles. The smallest absolute Gasteiger partial charge is 0.188 e. The molecule has 1 aliphatic rings. The normalized spacial score (nSPS) is 17.8. The van der Waals surface area contributed by atoms with Crippen LogP contribution in [0, 0.1) is 13.8 Å². The summed E-state index contributed by atoms with van der Waals surface area (Å²) in [5.41, 5.74) is 4.35. The molecule has 8 heteroatoms. The monoisotopic (exact) mass is 398 g/mol. The van der Waals surface area contributed by atoms with E-state index < -0.39 is 0 Å². The van der Waals surface area contributed by atoms with Crippen LogP contribution in [0.4, 0.5) is 10.9 Å². The second-order valence-corrected chi connectivity index (χ2v) is 7.91. The van der Waals surface area contributed by atoms with Crippen LogP contribution in [0.25, 0.3) is 0 Å². The van der Waals surface area contributed by atoms with Crippen molar-refractivity contribution in [3.63, 3.8) is 0 Å². The molecule has 0 aliphatic carbocycles. The number of morpholine rings is 1. The maximum Gasteiger partial charge on any atom is 0.188 e. The van der Waals surface area contributed by atoms with Gasteiger partial charge in [-0.15, -0.1) is 11.3 Å². The lowest BCUT2D eigenvalue weighted by molar-refractivity contribution is -0.0349. The van der Waals surface area contributed by atoms with E-state index in [0.717, 1.165) is 54.2 Å². The molecule has 1 atom stereocenters. The molecule has 3 aromatic heterocycles. The first-order valence-electron chi connectivity index (χ1n) is 9.63. The van der Waals surface area contributed by atoms with Crippen LogP contribution in [0.15, 0.2) is 29.8 Å². The lowest BCUT2D eigenvalue weighted by atomic mass is 10.1. The number of nitrogens with one attached hydrogen (secondary N) is 1. The van der Waals surface area contributed by atoms with Crippen LogP contribution >= 0.6 is 11.3 Å². The molecule has 7 nitrogen and oxygen atoms in total. The summed E-state index contributed by atoms with van der Waals surface area (Å²) in [7, 11) is 0. The van der Waals surface area contributed by atoms with E-state index in [9.17, 15) is 0 Å². The molecular weight excluding hydrogens is 372 g/mol. The maximum atomic E-state index is 6.03. The third kappa shape index (κ3) is 4.40. The summed E-state index contributed by atoms with van der Waals surface area (Å²) in [5.74, 6) is 0.799. The van der Waals surface area contributed by atoms with E-state index in [1.54, 1.807) is 11.3 Å². The molecule has 1 fully saturated rings. The van der Waals surface area contributed by atoms with Crippen molar-refractivity contribution in [2.75, 3.05) is 25.0 Å². The van der Waals surface area contributed by atoms with Gasteiger partial charge in [0.25, 0.3) is 0 Å². The Bertz CT molecular complexity index is 936. The van der Waals surface area contributed by atoms with E-state index >= 15 is 0 Å². The zero-order valence-electron chi connectivity index (χ0n) is 16.6. The fraction of sp³-hybridized carbons (Fsp3) is 0.450. The average Bonchev–Trinajstić information content (AvgIpc) is 3.27. The zero-order valence-corrected chi connectivity index (χ0v) is 17.4. The van der Waals surface area contributed by atoms with Gasteiger partial charge in [-0.2, -0.15) is 5.10 Å². The van der Waals surface area contributed by atoms with Gasteiger partial charge < -0.3 is 10.1 Å². The number of hydrogen-bond acceptors (Lipinski definition) is 7. The van der Waals surface area contributed by atoms with E-state index in [0.29, 0.717) is 6.61 Å². The van der Waals surface area contributed by atoms with Crippen LogP contribution in [0.3, 0.4) is 0 Å². The molecule has 0 spiro atoms. The summed E-state index contributed by atoms with van der Waals surface area (Å²) in [4.78, 5) is 11.6. The standard InChI is InChI=1S/C20H26N6OS/c1-4-26-11-16(15(3)24-26)10-25-8-9-27-18(12-25)17-6-5-7-19(22-17)23-20-21-14(2)13-28-20/h5-7,11,13,18H,4,8-10,12H2,1-3H3,(H,21,22,23)/t18-/m0/s1. The predicted molar refractivity (Wildman–Crippen MR) is 111 cm³/mol. The van der Waals surface area contributed by atoms with Gasteiger partial charge in [0.1, 0.15) is 11.9 Å². The Balaban J connectivity index is 1.44. The van der Waals surface area contributed by atoms with Crippen molar-refractivity contribution >= 4 is 22.3 Å². The summed E-state index contributed by atoms with van der Waals surface area (Å²) >= 11 is 1.58. The Morgan fingerprint density at radius 3 is 2.93 bits per heavy atom. The van der Waals surface area contributed by atoms with E-state index in [4.69, 9.17) is 9.72 Å². The summed E-state index contributed by atoms with van der Waals surface area (Å²) < 4.78 is 8.03. The summed E-state index contributed by atoms with van der Waals surface area (Å²) in [5, 5.41) is 10.7. The first-order chi connectivity index (χ1) is 13.6. The van der Waals surface area contributed by atoms with Crippen LogP contribution in [-0.4, -0.2) is 44.3 Å². The minimum Gasteiger partial charge on any atom is -0.369 e. The number of aromatic nitrogens is 4. The molecule has 148 valence electrons. The van der Waals surface area contributed by atoms with E-state index in [-0.39, 0.29) is 6.10 Å². The Morgan fingerprint density at radius 2 is 2.18 bits per heavy atom. The van der Waals surface area contributed by atoms with Crippen LogP contribution in [0.2, 0.25) is 0 Å². The van der Waals surface area contributed by atoms with Gasteiger partial charge in [0, 0.05) is 43.3 Å². The van der Waals surface area contributed by atoms with Gasteiger partial charge in [0.15, 0.2) is 5.13 Å². The number of rotatable bonds is 6. The highest BCUT2D eigenvalue weighted by Crippen LogP contribution is 2.25. The second-order valence-electron chi connectivity index (χ2n) is 7.06. The number of nitrogens with zero attached hydrogens (tertiary/aromatic N) is 5. The molecule has 1 aliphatic heterocycles. The second kappa shape index (κ2) is 8.38. The van der Waals surface area contributed by atoms with Crippen molar-refractivity contribution in [3.8, 4) is 0 Å². The van der Waals surface area contributed by atoms with Gasteiger partial charge in [-0.05, 0) is 32.9 Å². The van der Waals surface area contributed by atoms with Gasteiger partial charge in [-0.3, -0.25) is 9.58 Å². The topological polar surface area (TPSA) is 68.1 Å². The molecule has 3 aromatic rings. The number of pyridine rings is 1. The number of ether oxygens (including phenoxy) is 1. The highest BCUT2D eigenvalue weighted by Gasteiger charge is 2.24. The van der Waals surface area contributed by atoms with Gasteiger partial charge in [0.2, 0.25) is 0 Å². The summed E-state index contributed by atoms with van der Waals surface area (Å²) in [6, 6.07) is 6.01. The molecular formula is C20H26N6OS. The fourth-order valence-electron chi connectivity index (χ4n) is 3.36. The lowest BCUT2D eigenvalue weighted by Gasteiger charge is -2.32. The molecule has 0 unspecified atom stereocenters. The Morgan fingerprint density at radius 1 is 1.29 bits per heavy atom. The third-order valence-electron chi connectivity index (χ3n) is 4.87. The Labute approximate surface area is 169 Å². The number of hydrogen-bond donors (Lipinski definition) is 1. The van der Waals surface area contributed by atoms with Crippen LogP contribution in [0.5, 0.6) is 0 Å². The Hall–Kier alpha value is -2.29. The highest BCUT2D eigenvalue weighted by molar-refractivity contribution is 7.13. The number of aryl methyl sites for hydroxylation is 3. The van der Waals surface area contributed by atoms with Crippen molar-refractivity contribution < 1.29 is 4.74 Å². The lowest BCUT2D eigenvalue weighted by Crippen LogP contribution is -2.38. The number of anilines is 2.